The number of hydrogen-bond acceptors (Lipinski definition) is 5. The maximum Gasteiger partial charge on any atom is 0.226 e. The Labute approximate surface area is 135 Å². The van der Waals surface area contributed by atoms with Crippen molar-refractivity contribution in [1.82, 2.24) is 5.32 Å². The van der Waals surface area contributed by atoms with Gasteiger partial charge in [-0.3, -0.25) is 14.4 Å². The Bertz CT molecular complexity index is 533. The van der Waals surface area contributed by atoms with E-state index in [-0.39, 0.29) is 18.2 Å². The molecule has 1 heterocycles. The van der Waals surface area contributed by atoms with Gasteiger partial charge in [-0.2, -0.15) is 0 Å². The molecule has 7 heteroatoms. The van der Waals surface area contributed by atoms with E-state index in [1.54, 1.807) is 29.2 Å². The fourth-order valence-corrected chi connectivity index (χ4v) is 2.50. The van der Waals surface area contributed by atoms with Gasteiger partial charge in [0.1, 0.15) is 0 Å². The molecule has 1 N–H and O–H groups in total. The Balaban J connectivity index is 2.14. The first-order valence-corrected chi connectivity index (χ1v) is 7.80. The third-order valence-electron chi connectivity index (χ3n) is 3.79. The van der Waals surface area contributed by atoms with Crippen molar-refractivity contribution in [3.8, 4) is 0 Å². The molecule has 0 aromatic heterocycles. The van der Waals surface area contributed by atoms with Crippen LogP contribution in [0.4, 0.5) is 11.4 Å². The van der Waals surface area contributed by atoms with Gasteiger partial charge in [-0.05, 0) is 37.1 Å². The van der Waals surface area contributed by atoms with E-state index in [4.69, 9.17) is 0 Å². The third-order valence-corrected chi connectivity index (χ3v) is 3.79. The third kappa shape index (κ3) is 4.94. The average molecular weight is 320 g/mol. The highest BCUT2D eigenvalue weighted by Gasteiger charge is 2.17. The zero-order valence-electron chi connectivity index (χ0n) is 13.3. The number of carbonyl (C=O) groups is 2. The Hall–Kier alpha value is -2.12. The largest absolute Gasteiger partial charge is 0.733 e. The molecular formula is C16H22N3O4-. The van der Waals surface area contributed by atoms with Gasteiger partial charge in [-0.1, -0.05) is 6.42 Å². The van der Waals surface area contributed by atoms with Gasteiger partial charge >= 0.3 is 0 Å². The minimum Gasteiger partial charge on any atom is -0.733 e. The van der Waals surface area contributed by atoms with E-state index in [1.807, 2.05) is 0 Å². The number of amides is 2. The SMILES string of the molecule is CON([O-])c1ccc(N2CCC(=O)NCCCCCC2=O)cc1. The highest BCUT2D eigenvalue weighted by Crippen LogP contribution is 2.22. The molecule has 1 saturated heterocycles. The van der Waals surface area contributed by atoms with E-state index in [2.05, 4.69) is 10.2 Å². The van der Waals surface area contributed by atoms with Crippen LogP contribution in [-0.2, 0) is 14.4 Å². The Morgan fingerprint density at radius 2 is 1.87 bits per heavy atom. The van der Waals surface area contributed by atoms with Crippen LogP contribution in [0.1, 0.15) is 32.1 Å². The van der Waals surface area contributed by atoms with E-state index in [0.717, 1.165) is 19.3 Å². The molecule has 23 heavy (non-hydrogen) atoms. The van der Waals surface area contributed by atoms with E-state index in [0.29, 0.717) is 36.1 Å². The predicted octanol–water partition coefficient (Wildman–Crippen LogP) is 1.97. The van der Waals surface area contributed by atoms with Gasteiger partial charge in [-0.25, -0.2) is 0 Å². The first-order valence-electron chi connectivity index (χ1n) is 7.80. The maximum absolute atomic E-state index is 12.4. The van der Waals surface area contributed by atoms with Gasteiger partial charge in [0.25, 0.3) is 0 Å². The summed E-state index contributed by atoms with van der Waals surface area (Å²) >= 11 is 0. The molecule has 2 rings (SSSR count). The summed E-state index contributed by atoms with van der Waals surface area (Å²) in [5, 5.41) is 14.6. The fourth-order valence-electron chi connectivity index (χ4n) is 2.50. The van der Waals surface area contributed by atoms with Crippen LogP contribution in [0, 0.1) is 5.21 Å². The Morgan fingerprint density at radius 1 is 1.13 bits per heavy atom. The molecule has 0 unspecified atom stereocenters. The van der Waals surface area contributed by atoms with Crippen LogP contribution in [-0.4, -0.2) is 32.0 Å². The number of anilines is 2. The number of hydrogen-bond donors (Lipinski definition) is 1. The summed E-state index contributed by atoms with van der Waals surface area (Å²) in [6.07, 6.45) is 3.34. The highest BCUT2D eigenvalue weighted by molar-refractivity contribution is 5.94. The zero-order chi connectivity index (χ0) is 16.7. The maximum atomic E-state index is 12.4. The molecule has 0 atom stereocenters. The number of nitrogens with one attached hydrogen (secondary N) is 1. The quantitative estimate of drug-likeness (QED) is 0.861. The number of benzene rings is 1. The molecule has 0 aliphatic carbocycles. The first kappa shape index (κ1) is 17.2. The van der Waals surface area contributed by atoms with Crippen LogP contribution in [0.25, 0.3) is 0 Å². The van der Waals surface area contributed by atoms with Crippen LogP contribution in [0.2, 0.25) is 0 Å². The Kier molecular flexibility index (Phi) is 6.37. The summed E-state index contributed by atoms with van der Waals surface area (Å²) in [6, 6.07) is 6.55. The summed E-state index contributed by atoms with van der Waals surface area (Å²) in [7, 11) is 1.29. The lowest BCUT2D eigenvalue weighted by Crippen LogP contribution is -2.34. The molecule has 1 aromatic carbocycles. The molecule has 2 amide bonds. The number of rotatable bonds is 3. The zero-order valence-corrected chi connectivity index (χ0v) is 13.3. The van der Waals surface area contributed by atoms with Crippen LogP contribution < -0.4 is 15.4 Å². The lowest BCUT2D eigenvalue weighted by Gasteiger charge is -2.28. The lowest BCUT2D eigenvalue weighted by atomic mass is 10.1. The topological polar surface area (TPSA) is 84.9 Å². The van der Waals surface area contributed by atoms with Gasteiger partial charge in [-0.15, -0.1) is 0 Å². The van der Waals surface area contributed by atoms with Crippen molar-refractivity contribution in [2.24, 2.45) is 0 Å². The molecule has 0 bridgehead atoms. The number of carbonyl (C=O) groups excluding carboxylic acids is 2. The summed E-state index contributed by atoms with van der Waals surface area (Å²) in [6.45, 7) is 0.994. The lowest BCUT2D eigenvalue weighted by molar-refractivity contribution is -0.121. The second kappa shape index (κ2) is 8.50. The van der Waals surface area contributed by atoms with Crippen molar-refractivity contribution < 1.29 is 14.4 Å². The van der Waals surface area contributed by atoms with Crippen molar-refractivity contribution in [1.29, 1.82) is 0 Å². The molecule has 0 spiro atoms. The van der Waals surface area contributed by atoms with Crippen LogP contribution in [0.3, 0.4) is 0 Å². The molecule has 0 radical (unpaired) electrons. The highest BCUT2D eigenvalue weighted by atomic mass is 16.9. The second-order valence-corrected chi connectivity index (χ2v) is 5.41. The average Bonchev–Trinajstić information content (AvgIpc) is 2.60. The van der Waals surface area contributed by atoms with Gasteiger partial charge < -0.3 is 20.7 Å². The molecule has 1 aliphatic rings. The van der Waals surface area contributed by atoms with Crippen molar-refractivity contribution in [3.63, 3.8) is 0 Å². The van der Waals surface area contributed by atoms with E-state index in [9.17, 15) is 14.8 Å². The molecule has 1 aromatic rings. The summed E-state index contributed by atoms with van der Waals surface area (Å²) < 4.78 is 0. The molecule has 7 nitrogen and oxygen atoms in total. The smallest absolute Gasteiger partial charge is 0.226 e. The second-order valence-electron chi connectivity index (χ2n) is 5.41. The predicted molar refractivity (Wildman–Crippen MR) is 87.7 cm³/mol. The molecule has 0 saturated carbocycles. The Morgan fingerprint density at radius 3 is 2.57 bits per heavy atom. The van der Waals surface area contributed by atoms with Crippen LogP contribution >= 0.6 is 0 Å². The number of nitrogens with zero attached hydrogens (tertiary/aromatic N) is 2. The van der Waals surface area contributed by atoms with Crippen LogP contribution in [0.15, 0.2) is 24.3 Å². The standard InChI is InChI=1S/C16H22N3O4/c1-23-19(22)14-8-6-13(7-9-14)18-12-10-15(20)17-11-4-2-3-5-16(18)21/h6-9H,2-5,10-12H2,1H3,(H,17,20)/q-1. The van der Waals surface area contributed by atoms with E-state index >= 15 is 0 Å². The molecule has 1 fully saturated rings. The van der Waals surface area contributed by atoms with Crippen molar-refractivity contribution in [2.45, 2.75) is 32.1 Å². The van der Waals surface area contributed by atoms with Crippen molar-refractivity contribution >= 4 is 23.2 Å². The van der Waals surface area contributed by atoms with Gasteiger partial charge in [0, 0.05) is 31.6 Å². The van der Waals surface area contributed by atoms with Crippen LogP contribution in [0.5, 0.6) is 0 Å². The van der Waals surface area contributed by atoms with E-state index < -0.39 is 0 Å². The molecule has 1 aliphatic heterocycles. The van der Waals surface area contributed by atoms with Gasteiger partial charge in [0.2, 0.25) is 11.8 Å². The molecule has 126 valence electrons. The summed E-state index contributed by atoms with van der Waals surface area (Å²) in [5.41, 5.74) is 1.02. The summed E-state index contributed by atoms with van der Waals surface area (Å²) in [5.74, 6) is -0.0513. The minimum absolute atomic E-state index is 0.00169. The first-order chi connectivity index (χ1) is 11.1. The summed E-state index contributed by atoms with van der Waals surface area (Å²) in [4.78, 5) is 30.4. The molecular weight excluding hydrogens is 298 g/mol. The van der Waals surface area contributed by atoms with Crippen molar-refractivity contribution in [3.05, 3.63) is 29.5 Å². The van der Waals surface area contributed by atoms with E-state index in [1.165, 1.54) is 7.11 Å². The van der Waals surface area contributed by atoms with Crippen molar-refractivity contribution in [2.75, 3.05) is 30.3 Å². The minimum atomic E-state index is -0.0496. The normalized spacial score (nSPS) is 17.4. The fraction of sp³-hybridized carbons (Fsp3) is 0.500. The monoisotopic (exact) mass is 320 g/mol. The van der Waals surface area contributed by atoms with Gasteiger partial charge in [0.05, 0.1) is 12.8 Å². The van der Waals surface area contributed by atoms with Gasteiger partial charge in [0.15, 0.2) is 0 Å².